The van der Waals surface area contributed by atoms with Crippen LogP contribution >= 0.6 is 22.7 Å². The highest BCUT2D eigenvalue weighted by molar-refractivity contribution is 7.08. The molecular weight excluding hydrogens is 498 g/mol. The highest BCUT2D eigenvalue weighted by Crippen LogP contribution is 2.34. The molecule has 4 aromatic rings. The number of thiophene rings is 2. The van der Waals surface area contributed by atoms with Crippen LogP contribution in [0.25, 0.3) is 10.9 Å². The van der Waals surface area contributed by atoms with Crippen LogP contribution in [-0.4, -0.2) is 28.3 Å². The average Bonchev–Trinajstić information content (AvgIpc) is 3.49. The van der Waals surface area contributed by atoms with E-state index in [4.69, 9.17) is 14.3 Å². The molecule has 0 atom stereocenters. The molecule has 0 spiro atoms. The van der Waals surface area contributed by atoms with E-state index in [2.05, 4.69) is 16.0 Å². The molecule has 188 valence electrons. The number of rotatable bonds is 5. The fourth-order valence-corrected chi connectivity index (χ4v) is 5.06. The first kappa shape index (κ1) is 26.9. The number of fused-ring (bicyclic) bond motifs is 1. The molecule has 0 aliphatic carbocycles. The van der Waals surface area contributed by atoms with Crippen LogP contribution in [0.4, 0.5) is 16.2 Å². The number of aromatic nitrogens is 1. The first-order valence-corrected chi connectivity index (χ1v) is 12.9. The average molecular weight is 526 g/mol. The van der Waals surface area contributed by atoms with Crippen molar-refractivity contribution in [3.8, 4) is 0 Å². The molecule has 3 heterocycles. The van der Waals surface area contributed by atoms with Gasteiger partial charge in [-0.1, -0.05) is 11.6 Å². The minimum atomic E-state index is -0.677. The summed E-state index contributed by atoms with van der Waals surface area (Å²) in [5.41, 5.74) is 4.79. The Kier molecular flexibility index (Phi) is 8.47. The lowest BCUT2D eigenvalue weighted by Gasteiger charge is -2.21. The molecule has 0 saturated heterocycles. The van der Waals surface area contributed by atoms with E-state index in [9.17, 15) is 9.59 Å². The van der Waals surface area contributed by atoms with Crippen molar-refractivity contribution in [2.75, 3.05) is 10.6 Å². The number of urea groups is 1. The van der Waals surface area contributed by atoms with Gasteiger partial charge < -0.3 is 19.9 Å². The predicted molar refractivity (Wildman–Crippen MR) is 142 cm³/mol. The number of nitrogens with one attached hydrogen (secondary N) is 2. The van der Waals surface area contributed by atoms with Crippen LogP contribution in [0.15, 0.2) is 45.8 Å². The van der Waals surface area contributed by atoms with Crippen molar-refractivity contribution in [3.63, 3.8) is 0 Å². The summed E-state index contributed by atoms with van der Waals surface area (Å²) in [5.74, 6) is -0.478. The molecular formula is C26H27N3O5S2. The number of aryl methyl sites for hydroxylation is 2. The molecule has 10 heteroatoms. The lowest BCUT2D eigenvalue weighted by Crippen LogP contribution is -2.27. The largest absolute Gasteiger partial charge is 0.455 e. The maximum Gasteiger partial charge on any atom is 0.373 e. The van der Waals surface area contributed by atoms with Crippen LogP contribution in [0, 0.1) is 13.8 Å². The molecule has 0 radical (unpaired) electrons. The monoisotopic (exact) mass is 525 g/mol. The highest BCUT2D eigenvalue weighted by Gasteiger charge is 2.29. The first-order chi connectivity index (χ1) is 17.0. The van der Waals surface area contributed by atoms with Gasteiger partial charge in [0.05, 0.1) is 16.9 Å². The Balaban J connectivity index is 0.00000115. The Bertz CT molecular complexity index is 1410. The minimum absolute atomic E-state index is 0.250. The molecule has 36 heavy (non-hydrogen) atoms. The number of benzene rings is 1. The molecule has 2 amide bonds. The zero-order valence-electron chi connectivity index (χ0n) is 20.6. The van der Waals surface area contributed by atoms with Crippen molar-refractivity contribution in [1.82, 2.24) is 4.57 Å². The number of ether oxygens (including phenoxy) is 1. The van der Waals surface area contributed by atoms with Crippen molar-refractivity contribution < 1.29 is 23.9 Å². The maximum absolute atomic E-state index is 13.4. The summed E-state index contributed by atoms with van der Waals surface area (Å²) in [7, 11) is 0. The maximum atomic E-state index is 13.4. The second-order valence-electron chi connectivity index (χ2n) is 9.09. The van der Waals surface area contributed by atoms with Crippen LogP contribution in [0.2, 0.25) is 0 Å². The third-order valence-corrected chi connectivity index (χ3v) is 6.67. The van der Waals surface area contributed by atoms with Crippen molar-refractivity contribution in [1.29, 1.82) is 0 Å². The molecule has 8 nitrogen and oxygen atoms in total. The van der Waals surface area contributed by atoms with Crippen LogP contribution in [-0.2, 0) is 20.9 Å². The van der Waals surface area contributed by atoms with E-state index in [0.29, 0.717) is 17.9 Å². The number of anilines is 2. The number of nitrogens with zero attached hydrogens (tertiary/aromatic N) is 1. The van der Waals surface area contributed by atoms with E-state index in [1.54, 1.807) is 11.3 Å². The van der Waals surface area contributed by atoms with Crippen LogP contribution < -0.4 is 10.6 Å². The van der Waals surface area contributed by atoms with Crippen LogP contribution in [0.5, 0.6) is 0 Å². The van der Waals surface area contributed by atoms with Gasteiger partial charge in [0.25, 0.3) is 0 Å². The van der Waals surface area contributed by atoms with Gasteiger partial charge in [0.2, 0.25) is 0 Å². The SMILES string of the molecule is Cc1ccc2c(c1)c(NC(=O)Nc1cscc1C)c(C(=O)OC(C)(C)C)n2Cc1ccsc1.O=C=O. The van der Waals surface area contributed by atoms with E-state index in [1.165, 1.54) is 11.3 Å². The lowest BCUT2D eigenvalue weighted by molar-refractivity contribution is -0.191. The topological polar surface area (TPSA) is 106 Å². The van der Waals surface area contributed by atoms with Gasteiger partial charge in [-0.05, 0) is 80.1 Å². The van der Waals surface area contributed by atoms with Gasteiger partial charge in [-0.15, -0.1) is 11.3 Å². The van der Waals surface area contributed by atoms with Crippen molar-refractivity contribution >= 4 is 63.1 Å². The molecule has 3 aromatic heterocycles. The van der Waals surface area contributed by atoms with E-state index < -0.39 is 17.6 Å². The first-order valence-electron chi connectivity index (χ1n) is 11.0. The smallest absolute Gasteiger partial charge is 0.373 e. The van der Waals surface area contributed by atoms with Gasteiger partial charge in [-0.2, -0.15) is 20.9 Å². The Morgan fingerprint density at radius 3 is 2.33 bits per heavy atom. The molecule has 0 bridgehead atoms. The van der Waals surface area contributed by atoms with Gasteiger partial charge in [-0.25, -0.2) is 9.59 Å². The fourth-order valence-electron chi connectivity index (χ4n) is 3.62. The summed E-state index contributed by atoms with van der Waals surface area (Å²) in [4.78, 5) is 42.6. The minimum Gasteiger partial charge on any atom is -0.455 e. The van der Waals surface area contributed by atoms with Crippen LogP contribution in [0.3, 0.4) is 0 Å². The number of hydrogen-bond acceptors (Lipinski definition) is 7. The Hall–Kier alpha value is -3.72. The number of carbonyl (C=O) groups excluding carboxylic acids is 4. The van der Waals surface area contributed by atoms with Crippen molar-refractivity contribution in [3.05, 3.63) is 68.2 Å². The summed E-state index contributed by atoms with van der Waals surface area (Å²) in [6.45, 7) is 9.92. The molecule has 4 rings (SSSR count). The summed E-state index contributed by atoms with van der Waals surface area (Å²) >= 11 is 3.12. The lowest BCUT2D eigenvalue weighted by atomic mass is 10.1. The second-order valence-corrected chi connectivity index (χ2v) is 10.6. The van der Waals surface area contributed by atoms with E-state index in [0.717, 1.165) is 33.3 Å². The van der Waals surface area contributed by atoms with Crippen molar-refractivity contribution in [2.45, 2.75) is 46.8 Å². The summed E-state index contributed by atoms with van der Waals surface area (Å²) in [6, 6.07) is 7.60. The van der Waals surface area contributed by atoms with Gasteiger partial charge in [0.1, 0.15) is 5.60 Å². The molecule has 0 unspecified atom stereocenters. The normalized spacial score (nSPS) is 10.8. The number of esters is 1. The third-order valence-electron chi connectivity index (χ3n) is 5.07. The Labute approximate surface area is 216 Å². The summed E-state index contributed by atoms with van der Waals surface area (Å²) < 4.78 is 7.69. The standard InChI is InChI=1S/C25H27N3O3S2.CO2/c1-15-6-7-20-18(10-15)21(27-24(30)26-19-14-33-12-16(19)2)22(23(29)31-25(3,4)5)28(20)11-17-8-9-32-13-17;2-1-3/h6-10,12-14H,11H2,1-5H3,(H2,26,27,30);. The molecule has 0 aliphatic rings. The Morgan fingerprint density at radius 2 is 1.75 bits per heavy atom. The van der Waals surface area contributed by atoms with Gasteiger partial charge >= 0.3 is 18.2 Å². The number of amides is 2. The van der Waals surface area contributed by atoms with Gasteiger partial charge in [0, 0.05) is 17.3 Å². The van der Waals surface area contributed by atoms with E-state index in [1.807, 2.05) is 79.6 Å². The summed E-state index contributed by atoms with van der Waals surface area (Å²) in [6.07, 6.45) is 0.250. The molecule has 0 fully saturated rings. The quantitative estimate of drug-likeness (QED) is 0.291. The molecule has 2 N–H and O–H groups in total. The zero-order valence-corrected chi connectivity index (χ0v) is 22.3. The van der Waals surface area contributed by atoms with Crippen LogP contribution in [0.1, 0.15) is 48.0 Å². The second kappa shape index (κ2) is 11.3. The van der Waals surface area contributed by atoms with E-state index >= 15 is 0 Å². The van der Waals surface area contributed by atoms with E-state index in [-0.39, 0.29) is 6.15 Å². The van der Waals surface area contributed by atoms with Gasteiger partial charge in [0.15, 0.2) is 5.69 Å². The summed E-state index contributed by atoms with van der Waals surface area (Å²) in [5, 5.41) is 14.5. The number of hydrogen-bond donors (Lipinski definition) is 2. The fraction of sp³-hybridized carbons (Fsp3) is 0.269. The molecule has 1 aromatic carbocycles. The number of carbonyl (C=O) groups is 2. The zero-order chi connectivity index (χ0) is 26.5. The molecule has 0 saturated carbocycles. The Morgan fingerprint density at radius 1 is 1.03 bits per heavy atom. The third kappa shape index (κ3) is 6.48. The molecule has 0 aliphatic heterocycles. The van der Waals surface area contributed by atoms with Gasteiger partial charge in [-0.3, -0.25) is 0 Å². The predicted octanol–water partition coefficient (Wildman–Crippen LogP) is 6.45. The highest BCUT2D eigenvalue weighted by atomic mass is 32.1. The van der Waals surface area contributed by atoms with Crippen molar-refractivity contribution in [2.24, 2.45) is 0 Å².